The van der Waals surface area contributed by atoms with E-state index < -0.39 is 6.10 Å². The molecule has 1 saturated heterocycles. The minimum atomic E-state index is -0.531. The molecule has 2 fully saturated rings. The maximum Gasteiger partial charge on any atom is 0.123 e. The first kappa shape index (κ1) is 24.3. The van der Waals surface area contributed by atoms with Crippen molar-refractivity contribution in [1.29, 1.82) is 0 Å². The molecular weight excluding hydrogens is 388 g/mol. The van der Waals surface area contributed by atoms with E-state index in [1.807, 2.05) is 18.2 Å². The number of piperidine rings is 1. The maximum absolute atomic E-state index is 10.6. The van der Waals surface area contributed by atoms with Gasteiger partial charge < -0.3 is 19.9 Å². The third-order valence-electron chi connectivity index (χ3n) is 7.07. The number of hydrogen-bond donors (Lipinski definition) is 2. The van der Waals surface area contributed by atoms with E-state index >= 15 is 0 Å². The van der Waals surface area contributed by atoms with Crippen LogP contribution in [0.2, 0.25) is 0 Å². The molecule has 0 amide bonds. The second-order valence-corrected chi connectivity index (χ2v) is 10.5. The average Bonchev–Trinajstić information content (AvgIpc) is 2.78. The van der Waals surface area contributed by atoms with Crippen LogP contribution in [0.5, 0.6) is 11.5 Å². The standard InChI is InChI=1S/C26H44N2O3/c1-25(2,3)23-17-22(30-4)11-12-24(23)31-19-21(29)18-27-20-26(13-7-5-8-14-26)28-15-9-6-10-16-28/h11-12,17,21,27,29H,5-10,13-16,18-20H2,1-4H3/t21-/m0/s1. The highest BCUT2D eigenvalue weighted by atomic mass is 16.5. The summed E-state index contributed by atoms with van der Waals surface area (Å²) < 4.78 is 11.4. The van der Waals surface area contributed by atoms with Crippen molar-refractivity contribution in [2.45, 2.75) is 89.2 Å². The Morgan fingerprint density at radius 3 is 2.39 bits per heavy atom. The Morgan fingerprint density at radius 1 is 1.06 bits per heavy atom. The van der Waals surface area contributed by atoms with Gasteiger partial charge in [0.15, 0.2) is 0 Å². The monoisotopic (exact) mass is 432 g/mol. The smallest absolute Gasteiger partial charge is 0.123 e. The van der Waals surface area contributed by atoms with Crippen LogP contribution in [0, 0.1) is 0 Å². The molecule has 0 spiro atoms. The molecule has 2 aliphatic rings. The molecule has 0 aromatic heterocycles. The predicted molar refractivity (Wildman–Crippen MR) is 127 cm³/mol. The van der Waals surface area contributed by atoms with Crippen molar-refractivity contribution in [2.24, 2.45) is 0 Å². The van der Waals surface area contributed by atoms with E-state index in [0.29, 0.717) is 13.2 Å². The first-order valence-electron chi connectivity index (χ1n) is 12.3. The Hall–Kier alpha value is -1.30. The molecule has 3 rings (SSSR count). The number of nitrogens with one attached hydrogen (secondary N) is 1. The fourth-order valence-corrected chi connectivity index (χ4v) is 5.25. The number of aliphatic hydroxyl groups is 1. The number of ether oxygens (including phenoxy) is 2. The van der Waals surface area contributed by atoms with Gasteiger partial charge in [0.2, 0.25) is 0 Å². The molecule has 31 heavy (non-hydrogen) atoms. The third-order valence-corrected chi connectivity index (χ3v) is 7.07. The largest absolute Gasteiger partial charge is 0.497 e. The van der Waals surface area contributed by atoms with E-state index in [1.54, 1.807) is 7.11 Å². The predicted octanol–water partition coefficient (Wildman–Crippen LogP) is 4.51. The maximum atomic E-state index is 10.6. The molecule has 0 bridgehead atoms. The van der Waals surface area contributed by atoms with Gasteiger partial charge in [-0.2, -0.15) is 0 Å². The molecule has 5 heteroatoms. The van der Waals surface area contributed by atoms with Gasteiger partial charge in [0, 0.05) is 24.2 Å². The Balaban J connectivity index is 1.52. The van der Waals surface area contributed by atoms with Crippen LogP contribution in [0.1, 0.15) is 77.7 Å². The SMILES string of the molecule is COc1ccc(OC[C@@H](O)CNCC2(N3CCCCC3)CCCCC2)c(C(C)(C)C)c1. The minimum absolute atomic E-state index is 0.0606. The minimum Gasteiger partial charge on any atom is -0.497 e. The van der Waals surface area contributed by atoms with Gasteiger partial charge >= 0.3 is 0 Å². The van der Waals surface area contributed by atoms with E-state index in [0.717, 1.165) is 23.6 Å². The fraction of sp³-hybridized carbons (Fsp3) is 0.769. The lowest BCUT2D eigenvalue weighted by Crippen LogP contribution is -2.58. The fourth-order valence-electron chi connectivity index (χ4n) is 5.25. The zero-order valence-corrected chi connectivity index (χ0v) is 20.2. The summed E-state index contributed by atoms with van der Waals surface area (Å²) in [6.07, 6.45) is 10.1. The molecule has 1 aromatic rings. The highest BCUT2D eigenvalue weighted by Gasteiger charge is 2.38. The summed E-state index contributed by atoms with van der Waals surface area (Å²) in [5.41, 5.74) is 1.32. The Morgan fingerprint density at radius 2 is 1.74 bits per heavy atom. The highest BCUT2D eigenvalue weighted by Crippen LogP contribution is 2.36. The molecule has 0 unspecified atom stereocenters. The van der Waals surface area contributed by atoms with Crippen molar-refractivity contribution in [2.75, 3.05) is 39.9 Å². The first-order chi connectivity index (χ1) is 14.8. The third kappa shape index (κ3) is 6.59. The molecule has 1 atom stereocenters. The van der Waals surface area contributed by atoms with Gasteiger partial charge in [-0.25, -0.2) is 0 Å². The summed E-state index contributed by atoms with van der Waals surface area (Å²) in [5, 5.41) is 14.2. The van der Waals surface area contributed by atoms with Gasteiger partial charge in [-0.3, -0.25) is 4.90 Å². The quantitative estimate of drug-likeness (QED) is 0.601. The number of likely N-dealkylation sites (tertiary alicyclic amines) is 1. The van der Waals surface area contributed by atoms with Gasteiger partial charge in [0.05, 0.1) is 7.11 Å². The number of rotatable bonds is 9. The number of hydrogen-bond acceptors (Lipinski definition) is 5. The molecule has 1 aliphatic carbocycles. The van der Waals surface area contributed by atoms with Crippen LogP contribution in [0.3, 0.4) is 0 Å². The van der Waals surface area contributed by atoms with Crippen LogP contribution < -0.4 is 14.8 Å². The Bertz CT molecular complexity index is 674. The molecule has 1 aliphatic heterocycles. The summed E-state index contributed by atoms with van der Waals surface area (Å²) >= 11 is 0. The van der Waals surface area contributed by atoms with Gasteiger partial charge in [-0.15, -0.1) is 0 Å². The zero-order chi connectivity index (χ0) is 22.3. The van der Waals surface area contributed by atoms with Crippen LogP contribution >= 0.6 is 0 Å². The lowest BCUT2D eigenvalue weighted by Gasteiger charge is -2.48. The van der Waals surface area contributed by atoms with Crippen LogP contribution in [0.4, 0.5) is 0 Å². The Kier molecular flexibility index (Phi) is 8.65. The van der Waals surface area contributed by atoms with Gasteiger partial charge in [-0.1, -0.05) is 46.5 Å². The van der Waals surface area contributed by atoms with Crippen LogP contribution in [-0.4, -0.2) is 61.5 Å². The number of benzene rings is 1. The van der Waals surface area contributed by atoms with Crippen molar-refractivity contribution in [3.8, 4) is 11.5 Å². The zero-order valence-electron chi connectivity index (χ0n) is 20.2. The Labute approximate surface area is 189 Å². The lowest BCUT2D eigenvalue weighted by atomic mass is 9.79. The summed E-state index contributed by atoms with van der Waals surface area (Å²) in [5.74, 6) is 1.65. The number of aliphatic hydroxyl groups excluding tert-OH is 1. The van der Waals surface area contributed by atoms with E-state index in [9.17, 15) is 5.11 Å². The van der Waals surface area contributed by atoms with E-state index in [2.05, 4.69) is 31.0 Å². The van der Waals surface area contributed by atoms with E-state index in [-0.39, 0.29) is 11.0 Å². The van der Waals surface area contributed by atoms with Crippen molar-refractivity contribution < 1.29 is 14.6 Å². The number of nitrogens with zero attached hydrogens (tertiary/aromatic N) is 1. The molecule has 2 N–H and O–H groups in total. The molecule has 1 aromatic carbocycles. The highest BCUT2D eigenvalue weighted by molar-refractivity contribution is 5.44. The normalized spacial score (nSPS) is 20.9. The van der Waals surface area contributed by atoms with E-state index in [1.165, 1.54) is 64.5 Å². The molecular formula is C26H44N2O3. The van der Waals surface area contributed by atoms with Gasteiger partial charge in [0.1, 0.15) is 24.2 Å². The second-order valence-electron chi connectivity index (χ2n) is 10.5. The molecule has 176 valence electrons. The van der Waals surface area contributed by atoms with Gasteiger partial charge in [-0.05, 0) is 62.4 Å². The van der Waals surface area contributed by atoms with Crippen molar-refractivity contribution >= 4 is 0 Å². The van der Waals surface area contributed by atoms with Crippen molar-refractivity contribution in [3.05, 3.63) is 23.8 Å². The number of methoxy groups -OCH3 is 1. The van der Waals surface area contributed by atoms with Crippen LogP contribution in [-0.2, 0) is 5.41 Å². The first-order valence-corrected chi connectivity index (χ1v) is 12.3. The van der Waals surface area contributed by atoms with Crippen molar-refractivity contribution in [3.63, 3.8) is 0 Å². The topological polar surface area (TPSA) is 54.0 Å². The van der Waals surface area contributed by atoms with Crippen LogP contribution in [0.25, 0.3) is 0 Å². The second kappa shape index (κ2) is 11.0. The summed E-state index contributed by atoms with van der Waals surface area (Å²) in [6.45, 7) is 10.8. The summed E-state index contributed by atoms with van der Waals surface area (Å²) in [4.78, 5) is 2.75. The van der Waals surface area contributed by atoms with Crippen LogP contribution in [0.15, 0.2) is 18.2 Å². The lowest BCUT2D eigenvalue weighted by molar-refractivity contribution is 0.0289. The molecule has 1 saturated carbocycles. The van der Waals surface area contributed by atoms with Crippen molar-refractivity contribution in [1.82, 2.24) is 10.2 Å². The molecule has 1 heterocycles. The average molecular weight is 433 g/mol. The molecule has 5 nitrogen and oxygen atoms in total. The summed E-state index contributed by atoms with van der Waals surface area (Å²) in [6, 6.07) is 5.90. The summed E-state index contributed by atoms with van der Waals surface area (Å²) in [7, 11) is 1.68. The molecule has 0 radical (unpaired) electrons. The van der Waals surface area contributed by atoms with Gasteiger partial charge in [0.25, 0.3) is 0 Å². The van der Waals surface area contributed by atoms with E-state index in [4.69, 9.17) is 9.47 Å².